The van der Waals surface area contributed by atoms with Crippen LogP contribution in [0, 0.1) is 22.9 Å². The van der Waals surface area contributed by atoms with Crippen molar-refractivity contribution in [3.63, 3.8) is 0 Å². The van der Waals surface area contributed by atoms with E-state index in [9.17, 15) is 23.4 Å². The Bertz CT molecular complexity index is 1210. The predicted octanol–water partition coefficient (Wildman–Crippen LogP) is 4.63. The molecule has 0 amide bonds. The number of hydrogen-bond acceptors (Lipinski definition) is 6. The zero-order valence-electron chi connectivity index (χ0n) is 21.0. The van der Waals surface area contributed by atoms with Crippen molar-refractivity contribution in [1.29, 1.82) is 0 Å². The number of halogens is 3. The molecule has 0 saturated carbocycles. The Labute approximate surface area is 214 Å². The molecule has 37 heavy (non-hydrogen) atoms. The third-order valence-corrected chi connectivity index (χ3v) is 7.46. The zero-order chi connectivity index (χ0) is 26.4. The van der Waals surface area contributed by atoms with Crippen LogP contribution in [0.2, 0.25) is 0 Å². The van der Waals surface area contributed by atoms with Crippen LogP contribution in [0.25, 0.3) is 10.9 Å². The summed E-state index contributed by atoms with van der Waals surface area (Å²) in [6.07, 6.45) is 5.74. The molecule has 0 aliphatic carbocycles. The summed E-state index contributed by atoms with van der Waals surface area (Å²) in [5.74, 6) is -3.04. The summed E-state index contributed by atoms with van der Waals surface area (Å²) in [5.41, 5.74) is 2.49. The molecule has 200 valence electrons. The fraction of sp³-hybridized carbons (Fsp3) is 0.464. The lowest BCUT2D eigenvalue weighted by molar-refractivity contribution is 0.0314. The molecule has 3 aromatic rings. The van der Waals surface area contributed by atoms with E-state index in [1.54, 1.807) is 13.3 Å². The summed E-state index contributed by atoms with van der Waals surface area (Å²) in [4.78, 5) is 6.60. The van der Waals surface area contributed by atoms with Crippen molar-refractivity contribution in [2.75, 3.05) is 40.0 Å². The van der Waals surface area contributed by atoms with Crippen molar-refractivity contribution >= 4 is 10.9 Å². The van der Waals surface area contributed by atoms with Gasteiger partial charge in [0.1, 0.15) is 18.2 Å². The molecule has 1 aromatic heterocycles. The normalized spacial score (nSPS) is 15.7. The molecule has 1 saturated heterocycles. The second-order valence-electron chi connectivity index (χ2n) is 9.70. The van der Waals surface area contributed by atoms with Gasteiger partial charge in [0.2, 0.25) is 5.82 Å². The van der Waals surface area contributed by atoms with Gasteiger partial charge in [0, 0.05) is 36.9 Å². The molecule has 1 aliphatic heterocycles. The minimum Gasteiger partial charge on any atom is -0.497 e. The maximum absolute atomic E-state index is 13.8. The highest BCUT2D eigenvalue weighted by Gasteiger charge is 2.33. The van der Waals surface area contributed by atoms with Crippen molar-refractivity contribution in [1.82, 2.24) is 9.88 Å². The fourth-order valence-corrected chi connectivity index (χ4v) is 5.13. The quantitative estimate of drug-likeness (QED) is 0.361. The standard InChI is InChI=1S/C28H33F3N2O4/c1-36-21-4-5-25-23(15-21)22(19(17-34)16-32-25)3-2-6-28(18-35)7-9-33(10-8-28)11-12-37-26-14-20(29)13-24(30)27(26)31/h4-5,13-16,34-35H,2-3,6-12,17-18H2,1H3. The first-order valence-corrected chi connectivity index (χ1v) is 12.5. The molecule has 4 rings (SSSR count). The third kappa shape index (κ3) is 6.34. The van der Waals surface area contributed by atoms with Crippen molar-refractivity contribution in [3.8, 4) is 11.5 Å². The molecule has 0 atom stereocenters. The Morgan fingerprint density at radius 3 is 2.57 bits per heavy atom. The van der Waals surface area contributed by atoms with Gasteiger partial charge in [-0.05, 0) is 79.9 Å². The first-order chi connectivity index (χ1) is 17.9. The number of piperidine rings is 1. The van der Waals surface area contributed by atoms with E-state index in [0.717, 1.165) is 79.0 Å². The molecule has 9 heteroatoms. The lowest BCUT2D eigenvalue weighted by Gasteiger charge is -2.41. The topological polar surface area (TPSA) is 75.0 Å². The number of pyridine rings is 1. The smallest absolute Gasteiger partial charge is 0.200 e. The van der Waals surface area contributed by atoms with Gasteiger partial charge in [0.15, 0.2) is 11.6 Å². The maximum Gasteiger partial charge on any atom is 0.200 e. The van der Waals surface area contributed by atoms with Crippen molar-refractivity contribution in [2.45, 2.75) is 38.7 Å². The average Bonchev–Trinajstić information content (AvgIpc) is 2.92. The van der Waals surface area contributed by atoms with Gasteiger partial charge in [0.25, 0.3) is 0 Å². The van der Waals surface area contributed by atoms with Gasteiger partial charge < -0.3 is 19.7 Å². The van der Waals surface area contributed by atoms with E-state index < -0.39 is 23.2 Å². The lowest BCUT2D eigenvalue weighted by atomic mass is 9.75. The minimum atomic E-state index is -1.27. The van der Waals surface area contributed by atoms with E-state index in [1.165, 1.54) is 0 Å². The molecule has 6 nitrogen and oxygen atoms in total. The monoisotopic (exact) mass is 518 g/mol. The second kappa shape index (κ2) is 12.1. The van der Waals surface area contributed by atoms with Gasteiger partial charge in [-0.1, -0.05) is 0 Å². The number of benzene rings is 2. The van der Waals surface area contributed by atoms with E-state index in [1.807, 2.05) is 18.2 Å². The van der Waals surface area contributed by atoms with Crippen LogP contribution in [0.5, 0.6) is 11.5 Å². The van der Waals surface area contributed by atoms with Crippen LogP contribution >= 0.6 is 0 Å². The maximum atomic E-state index is 13.8. The van der Waals surface area contributed by atoms with Gasteiger partial charge in [-0.25, -0.2) is 8.78 Å². The number of ether oxygens (including phenoxy) is 2. The van der Waals surface area contributed by atoms with Gasteiger partial charge in [-0.15, -0.1) is 0 Å². The lowest BCUT2D eigenvalue weighted by Crippen LogP contribution is -2.43. The van der Waals surface area contributed by atoms with Crippen LogP contribution in [-0.2, 0) is 13.0 Å². The Kier molecular flexibility index (Phi) is 8.89. The summed E-state index contributed by atoms with van der Waals surface area (Å²) in [5, 5.41) is 21.1. The first-order valence-electron chi connectivity index (χ1n) is 12.5. The van der Waals surface area contributed by atoms with Gasteiger partial charge in [0.05, 0.1) is 19.2 Å². The van der Waals surface area contributed by atoms with Crippen molar-refractivity contribution in [2.24, 2.45) is 5.41 Å². The second-order valence-corrected chi connectivity index (χ2v) is 9.70. The number of fused-ring (bicyclic) bond motifs is 1. The molecule has 1 aliphatic rings. The largest absolute Gasteiger partial charge is 0.497 e. The highest BCUT2D eigenvalue weighted by Crippen LogP contribution is 2.37. The minimum absolute atomic E-state index is 0.0862. The SMILES string of the molecule is COc1ccc2ncc(CO)c(CCCC3(CO)CCN(CCOc4cc(F)cc(F)c4F)CC3)c2c1. The number of hydrogen-bond donors (Lipinski definition) is 2. The third-order valence-electron chi connectivity index (χ3n) is 7.46. The Hall–Kier alpha value is -2.88. The van der Waals surface area contributed by atoms with Crippen LogP contribution in [0.4, 0.5) is 13.2 Å². The van der Waals surface area contributed by atoms with Crippen LogP contribution in [0.15, 0.2) is 36.5 Å². The summed E-state index contributed by atoms with van der Waals surface area (Å²) < 4.78 is 51.1. The number of nitrogens with zero attached hydrogens (tertiary/aromatic N) is 2. The number of aliphatic hydroxyl groups is 2. The van der Waals surface area contributed by atoms with E-state index in [-0.39, 0.29) is 25.2 Å². The molecular formula is C28H33F3N2O4. The Morgan fingerprint density at radius 2 is 1.86 bits per heavy atom. The van der Waals surface area contributed by atoms with E-state index in [2.05, 4.69) is 9.88 Å². The van der Waals surface area contributed by atoms with Crippen LogP contribution < -0.4 is 9.47 Å². The van der Waals surface area contributed by atoms with Gasteiger partial charge >= 0.3 is 0 Å². The fourth-order valence-electron chi connectivity index (χ4n) is 5.13. The molecule has 2 heterocycles. The molecular weight excluding hydrogens is 485 g/mol. The number of aryl methyl sites for hydroxylation is 1. The molecule has 1 fully saturated rings. The highest BCUT2D eigenvalue weighted by molar-refractivity contribution is 5.84. The number of likely N-dealkylation sites (tertiary alicyclic amines) is 1. The van der Waals surface area contributed by atoms with Crippen LogP contribution in [0.3, 0.4) is 0 Å². The van der Waals surface area contributed by atoms with Crippen LogP contribution in [0.1, 0.15) is 36.8 Å². The predicted molar refractivity (Wildman–Crippen MR) is 134 cm³/mol. The summed E-state index contributed by atoms with van der Waals surface area (Å²) in [7, 11) is 1.62. The molecule has 0 bridgehead atoms. The van der Waals surface area contributed by atoms with E-state index in [4.69, 9.17) is 9.47 Å². The molecule has 0 spiro atoms. The molecule has 0 unspecified atom stereocenters. The average molecular weight is 519 g/mol. The highest BCUT2D eigenvalue weighted by atomic mass is 19.2. The van der Waals surface area contributed by atoms with Crippen molar-refractivity contribution < 1.29 is 32.9 Å². The first kappa shape index (κ1) is 27.2. The zero-order valence-corrected chi connectivity index (χ0v) is 21.0. The van der Waals surface area contributed by atoms with E-state index in [0.29, 0.717) is 12.6 Å². The number of methoxy groups -OCH3 is 1. The summed E-state index contributed by atoms with van der Waals surface area (Å²) in [6.45, 7) is 2.06. The number of aromatic nitrogens is 1. The molecule has 0 radical (unpaired) electrons. The molecule has 2 N–H and O–H groups in total. The number of rotatable bonds is 11. The molecule has 2 aromatic carbocycles. The Morgan fingerprint density at radius 1 is 1.08 bits per heavy atom. The Balaban J connectivity index is 1.31. The number of aliphatic hydroxyl groups excluding tert-OH is 2. The summed E-state index contributed by atoms with van der Waals surface area (Å²) in [6, 6.07) is 7.05. The van der Waals surface area contributed by atoms with E-state index >= 15 is 0 Å². The summed E-state index contributed by atoms with van der Waals surface area (Å²) >= 11 is 0. The van der Waals surface area contributed by atoms with Gasteiger partial charge in [-0.2, -0.15) is 4.39 Å². The van der Waals surface area contributed by atoms with Crippen LogP contribution in [-0.4, -0.2) is 60.1 Å². The van der Waals surface area contributed by atoms with Gasteiger partial charge in [-0.3, -0.25) is 9.88 Å². The van der Waals surface area contributed by atoms with Crippen molar-refractivity contribution in [3.05, 3.63) is 65.1 Å².